The van der Waals surface area contributed by atoms with Crippen molar-refractivity contribution in [3.8, 4) is 11.5 Å². The second kappa shape index (κ2) is 9.37. The molecule has 2 heterocycles. The molecule has 7 rings (SSSR count). The third-order valence-electron chi connectivity index (χ3n) is 7.27. The summed E-state index contributed by atoms with van der Waals surface area (Å²) in [5.74, 6) is 1.33. The number of fused-ring (bicyclic) bond motifs is 3. The van der Waals surface area contributed by atoms with Gasteiger partial charge >= 0.3 is 236 Å². The topological polar surface area (TPSA) is 83.8 Å². The van der Waals surface area contributed by atoms with Crippen molar-refractivity contribution in [3.05, 3.63) is 104 Å². The first kappa shape index (κ1) is 24.6. The van der Waals surface area contributed by atoms with Crippen LogP contribution in [0.4, 0.5) is 0 Å². The van der Waals surface area contributed by atoms with Crippen molar-refractivity contribution in [2.24, 2.45) is 0 Å². The molecule has 0 unspecified atom stereocenters. The number of carboxylic acids is 2. The molecule has 3 aliphatic rings. The number of ether oxygens (including phenoxy) is 1. The zero-order valence-corrected chi connectivity index (χ0v) is 24.1. The Balaban J connectivity index is 1.65. The summed E-state index contributed by atoms with van der Waals surface area (Å²) in [6.07, 6.45) is 5.09. The normalized spacial score (nSPS) is 15.6. The Kier molecular flexibility index (Phi) is 5.92. The average Bonchev–Trinajstić information content (AvgIpc) is 3.46. The molecule has 0 amide bonds. The number of allylic oxidation sites excluding steroid dienone is 1. The van der Waals surface area contributed by atoms with Crippen LogP contribution in [-0.2, 0) is 6.42 Å². The Morgan fingerprint density at radius 3 is 2.51 bits per heavy atom. The van der Waals surface area contributed by atoms with Crippen LogP contribution in [-0.4, -0.2) is 46.0 Å². The first-order valence-electron chi connectivity index (χ1n) is 12.4. The monoisotopic (exact) mass is 612 g/mol. The SMILES string of the molecule is C=c1ccc2c(c1[As]1SCCS1)Oc1c(cc3c4c(cccc14)CC=C3)C=2c1ccc(C(=O)O)cc1C(=O)O. The zero-order chi connectivity index (χ0) is 26.8. The van der Waals surface area contributed by atoms with Crippen LogP contribution in [0.25, 0.3) is 29.0 Å². The zero-order valence-electron chi connectivity index (χ0n) is 20.6. The van der Waals surface area contributed by atoms with Gasteiger partial charge in [-0.05, 0) is 0 Å². The molecule has 1 fully saturated rings. The van der Waals surface area contributed by atoms with Crippen molar-refractivity contribution in [3.63, 3.8) is 0 Å². The van der Waals surface area contributed by atoms with Crippen molar-refractivity contribution < 1.29 is 24.5 Å². The van der Waals surface area contributed by atoms with Crippen molar-refractivity contribution in [1.29, 1.82) is 0 Å². The van der Waals surface area contributed by atoms with Crippen molar-refractivity contribution in [2.75, 3.05) is 11.5 Å². The molecule has 0 aromatic heterocycles. The van der Waals surface area contributed by atoms with Gasteiger partial charge in [0.1, 0.15) is 0 Å². The molecule has 0 spiro atoms. The maximum absolute atomic E-state index is 12.5. The van der Waals surface area contributed by atoms with Crippen LogP contribution in [0, 0.1) is 0 Å². The maximum atomic E-state index is 12.5. The molecule has 0 bridgehead atoms. The van der Waals surface area contributed by atoms with Gasteiger partial charge in [0, 0.05) is 0 Å². The van der Waals surface area contributed by atoms with E-state index in [2.05, 4.69) is 36.9 Å². The molecule has 0 radical (unpaired) electrons. The molecule has 2 aliphatic heterocycles. The van der Waals surface area contributed by atoms with Gasteiger partial charge in [0.25, 0.3) is 0 Å². The summed E-state index contributed by atoms with van der Waals surface area (Å²) < 4.78 is 8.05. The summed E-state index contributed by atoms with van der Waals surface area (Å²) in [5.41, 5.74) is 4.18. The van der Waals surface area contributed by atoms with E-state index in [9.17, 15) is 19.8 Å². The predicted octanol–water partition coefficient (Wildman–Crippen LogP) is 4.74. The molecule has 0 atom stereocenters. The van der Waals surface area contributed by atoms with Crippen molar-refractivity contribution >= 4 is 77.7 Å². The molecule has 1 saturated heterocycles. The Labute approximate surface area is 235 Å². The van der Waals surface area contributed by atoms with E-state index in [1.165, 1.54) is 17.7 Å². The van der Waals surface area contributed by atoms with Gasteiger partial charge < -0.3 is 0 Å². The summed E-state index contributed by atoms with van der Waals surface area (Å²) >= 11 is -1.56. The van der Waals surface area contributed by atoms with E-state index in [1.807, 2.05) is 38.2 Å². The summed E-state index contributed by atoms with van der Waals surface area (Å²) in [6.45, 7) is 4.37. The van der Waals surface area contributed by atoms with Gasteiger partial charge in [-0.25, -0.2) is 0 Å². The van der Waals surface area contributed by atoms with Crippen LogP contribution < -0.4 is 19.5 Å². The first-order valence-corrected chi connectivity index (χ1v) is 19.8. The van der Waals surface area contributed by atoms with Crippen molar-refractivity contribution in [1.82, 2.24) is 0 Å². The second-order valence-electron chi connectivity index (χ2n) is 9.51. The minimum atomic E-state index is -1.56. The molecule has 4 aromatic rings. The molecule has 2 N–H and O–H groups in total. The number of carboxylic acid groups (broad SMARTS) is 2. The fourth-order valence-electron chi connectivity index (χ4n) is 5.61. The number of rotatable bonds is 4. The quantitative estimate of drug-likeness (QED) is 0.284. The minimum absolute atomic E-state index is 0.0514. The third-order valence-corrected chi connectivity index (χ3v) is 21.0. The Bertz CT molecular complexity index is 1910. The number of hydrogen-bond acceptors (Lipinski definition) is 5. The molecule has 4 aromatic carbocycles. The number of carbonyl (C=O) groups is 2. The van der Waals surface area contributed by atoms with Gasteiger partial charge in [-0.1, -0.05) is 0 Å². The van der Waals surface area contributed by atoms with E-state index in [0.717, 1.165) is 65.9 Å². The van der Waals surface area contributed by atoms with Crippen LogP contribution in [0.5, 0.6) is 11.5 Å². The van der Waals surface area contributed by atoms with E-state index in [1.54, 1.807) is 6.07 Å². The van der Waals surface area contributed by atoms with E-state index < -0.39 is 24.3 Å². The molecular weight excluding hydrogens is 591 g/mol. The van der Waals surface area contributed by atoms with E-state index in [4.69, 9.17) is 4.74 Å². The van der Waals surface area contributed by atoms with Crippen molar-refractivity contribution in [2.45, 2.75) is 6.42 Å². The first-order chi connectivity index (χ1) is 18.9. The third kappa shape index (κ3) is 3.87. The molecular formula is C31H21AsO5S2. The van der Waals surface area contributed by atoms with E-state index in [-0.39, 0.29) is 11.1 Å². The number of benzene rings is 4. The summed E-state index contributed by atoms with van der Waals surface area (Å²) in [5, 5.41) is 23.7. The molecule has 39 heavy (non-hydrogen) atoms. The molecule has 5 nitrogen and oxygen atoms in total. The van der Waals surface area contributed by atoms with Crippen LogP contribution in [0.15, 0.2) is 60.7 Å². The summed E-state index contributed by atoms with van der Waals surface area (Å²) in [7, 11) is 4.01. The van der Waals surface area contributed by atoms with Crippen LogP contribution >= 0.6 is 20.0 Å². The van der Waals surface area contributed by atoms with Crippen LogP contribution in [0.2, 0.25) is 0 Å². The van der Waals surface area contributed by atoms with Gasteiger partial charge in [-0.2, -0.15) is 0 Å². The molecule has 1 aliphatic carbocycles. The van der Waals surface area contributed by atoms with Gasteiger partial charge in [0.2, 0.25) is 0 Å². The molecule has 8 heteroatoms. The molecule has 192 valence electrons. The van der Waals surface area contributed by atoms with E-state index in [0.29, 0.717) is 11.3 Å². The predicted molar refractivity (Wildman–Crippen MR) is 160 cm³/mol. The Hall–Kier alpha value is -3.38. The van der Waals surface area contributed by atoms with Gasteiger partial charge in [0.05, 0.1) is 0 Å². The van der Waals surface area contributed by atoms with Gasteiger partial charge in [0.15, 0.2) is 0 Å². The van der Waals surface area contributed by atoms with Gasteiger partial charge in [-0.15, -0.1) is 0 Å². The summed E-state index contributed by atoms with van der Waals surface area (Å²) in [4.78, 5) is 24.2. The van der Waals surface area contributed by atoms with E-state index >= 15 is 0 Å². The fraction of sp³-hybridized carbons (Fsp3) is 0.0968. The molecule has 0 saturated carbocycles. The fourth-order valence-corrected chi connectivity index (χ4v) is 20.8. The number of aromatic carboxylic acids is 2. The average molecular weight is 613 g/mol. The Morgan fingerprint density at radius 1 is 0.923 bits per heavy atom. The summed E-state index contributed by atoms with van der Waals surface area (Å²) in [6, 6.07) is 16.7. The number of hydrogen-bond donors (Lipinski definition) is 2. The van der Waals surface area contributed by atoms with Crippen LogP contribution in [0.3, 0.4) is 0 Å². The second-order valence-corrected chi connectivity index (χ2v) is 21.1. The van der Waals surface area contributed by atoms with Crippen LogP contribution in [0.1, 0.15) is 43.0 Å². The van der Waals surface area contributed by atoms with Gasteiger partial charge in [-0.3, -0.25) is 0 Å². The standard InChI is InChI=1S/C31H21AsO5S2/c1-16-8-10-22-26(20-11-9-19(30(33)34)15-23(20)31(35)36)24-14-18-6-2-4-17-5-3-7-21(25(17)18)28(24)37-29(22)27(16)32-38-12-13-39-32/h2-3,5-11,14-15H,1,4,12-13H2,(H,33,34)(H,35,36). The Morgan fingerprint density at radius 2 is 1.74 bits per heavy atom.